The number of ether oxygens (including phenoxy) is 1. The highest BCUT2D eigenvalue weighted by Crippen LogP contribution is 2.45. The van der Waals surface area contributed by atoms with Gasteiger partial charge >= 0.3 is 0 Å². The molecule has 0 aromatic heterocycles. The monoisotopic (exact) mass is 804 g/mol. The second-order valence-electron chi connectivity index (χ2n) is 12.6. The van der Waals surface area contributed by atoms with E-state index >= 15 is 0 Å². The first kappa shape index (κ1) is 37.7. The van der Waals surface area contributed by atoms with Crippen molar-refractivity contribution in [3.8, 4) is 11.5 Å². The Kier molecular flexibility index (Phi) is 13.2. The number of carbonyl (C=O) groups excluding carboxylic acids is 2. The fourth-order valence-corrected chi connectivity index (χ4v) is 7.10. The highest BCUT2D eigenvalue weighted by molar-refractivity contribution is 14.1. The summed E-state index contributed by atoms with van der Waals surface area (Å²) in [5, 5.41) is 14.5. The molecule has 1 saturated heterocycles. The molecule has 0 unspecified atom stereocenters. The number of aliphatic imine (C=N–C) groups is 1. The number of carbonyl (C=O) groups is 2. The highest BCUT2D eigenvalue weighted by atomic mass is 127. The number of fused-ring (bicyclic) bond motifs is 5. The lowest BCUT2D eigenvalue weighted by atomic mass is 9.95. The van der Waals surface area contributed by atoms with Gasteiger partial charge in [-0.3, -0.25) is 14.6 Å². The van der Waals surface area contributed by atoms with Gasteiger partial charge in [-0.15, -0.1) is 11.6 Å². The van der Waals surface area contributed by atoms with Crippen molar-refractivity contribution in [1.82, 2.24) is 4.90 Å². The van der Waals surface area contributed by atoms with Gasteiger partial charge < -0.3 is 19.6 Å². The maximum atomic E-state index is 13.6. The third-order valence-electron chi connectivity index (χ3n) is 9.25. The summed E-state index contributed by atoms with van der Waals surface area (Å²) in [5.41, 5.74) is 5.70. The Hall–Kier alpha value is -3.57. The lowest BCUT2D eigenvalue weighted by Crippen LogP contribution is -2.43. The minimum atomic E-state index is -0.0490. The standard InChI is InChI=1S/C36H34ClN3O4.C2H5BI.C2H6/c1-22-13-29-30(38-19-26-9-4-5-12-39(26)36(29)43)16-33(22)44-21-24-8-6-7-23(14-24)15-34(42)40-20-25(18-37)35-28-11-3-2-10-27(28)32(41)17-31(35)40;1-2-3-4;1-2/h2-3,6-8,10-11,13-14,16-17,19,25-26,41H,4-5,9,12,15,18,20-21H2,1H3;2H2,1H3;1-2H3/t25-,26+;;/m1../s1. The molecule has 4 aromatic rings. The molecular weight excluding hydrogens is 760 g/mol. The number of benzene rings is 4. The van der Waals surface area contributed by atoms with E-state index in [0.29, 0.717) is 36.0 Å². The summed E-state index contributed by atoms with van der Waals surface area (Å²) < 4.78 is 6.24. The number of phenols is 1. The minimum absolute atomic E-state index is 0.00845. The molecule has 3 aliphatic heterocycles. The van der Waals surface area contributed by atoms with E-state index in [1.165, 1.54) is 6.32 Å². The van der Waals surface area contributed by atoms with Crippen LogP contribution in [0.1, 0.15) is 78.6 Å². The van der Waals surface area contributed by atoms with E-state index in [2.05, 4.69) is 39.4 Å². The van der Waals surface area contributed by atoms with Gasteiger partial charge in [-0.1, -0.05) is 75.6 Å². The third-order valence-corrected chi connectivity index (χ3v) is 10.5. The lowest BCUT2D eigenvalue weighted by Gasteiger charge is -2.32. The van der Waals surface area contributed by atoms with Gasteiger partial charge in [0.25, 0.3) is 5.91 Å². The number of alkyl halides is 1. The Balaban J connectivity index is 0.000000758. The van der Waals surface area contributed by atoms with E-state index in [-0.39, 0.29) is 35.9 Å². The van der Waals surface area contributed by atoms with Crippen molar-refractivity contribution in [2.45, 2.75) is 78.3 Å². The number of aryl methyl sites for hydroxylation is 1. The Morgan fingerprint density at radius 2 is 1.80 bits per heavy atom. The smallest absolute Gasteiger partial charge is 0.256 e. The summed E-state index contributed by atoms with van der Waals surface area (Å²) in [4.78, 5) is 35.3. The molecule has 261 valence electrons. The molecule has 2 atom stereocenters. The normalized spacial score (nSPS) is 17.4. The Morgan fingerprint density at radius 1 is 1.06 bits per heavy atom. The van der Waals surface area contributed by atoms with E-state index < -0.39 is 0 Å². The summed E-state index contributed by atoms with van der Waals surface area (Å²) in [5.74, 6) is 1.21. The van der Waals surface area contributed by atoms with Gasteiger partial charge in [0.2, 0.25) is 5.91 Å². The van der Waals surface area contributed by atoms with E-state index in [0.717, 1.165) is 64.5 Å². The van der Waals surface area contributed by atoms with E-state index in [4.69, 9.17) is 16.3 Å². The van der Waals surface area contributed by atoms with Crippen molar-refractivity contribution in [3.05, 3.63) is 94.5 Å². The van der Waals surface area contributed by atoms with Crippen LogP contribution in [0.3, 0.4) is 0 Å². The summed E-state index contributed by atoms with van der Waals surface area (Å²) in [6.45, 7) is 9.63. The van der Waals surface area contributed by atoms with Crippen molar-refractivity contribution >= 4 is 79.3 Å². The number of phenolic OH excluding ortho intramolecular Hbond substituents is 1. The van der Waals surface area contributed by atoms with Crippen LogP contribution in [0.4, 0.5) is 11.4 Å². The molecule has 3 aliphatic rings. The van der Waals surface area contributed by atoms with E-state index in [9.17, 15) is 14.7 Å². The van der Waals surface area contributed by atoms with Crippen LogP contribution in [0.5, 0.6) is 11.5 Å². The number of halogens is 2. The van der Waals surface area contributed by atoms with Gasteiger partial charge in [0.05, 0.1) is 29.4 Å². The number of hydrogen-bond donors (Lipinski definition) is 1. The van der Waals surface area contributed by atoms with Crippen LogP contribution >= 0.6 is 34.0 Å². The average Bonchev–Trinajstić information content (AvgIpc) is 3.47. The zero-order valence-corrected chi connectivity index (χ0v) is 32.2. The summed E-state index contributed by atoms with van der Waals surface area (Å²) in [6, 6.07) is 21.0. The highest BCUT2D eigenvalue weighted by Gasteiger charge is 2.34. The maximum absolute atomic E-state index is 13.6. The van der Waals surface area contributed by atoms with Crippen molar-refractivity contribution in [1.29, 1.82) is 0 Å². The molecule has 1 fully saturated rings. The van der Waals surface area contributed by atoms with Gasteiger partial charge in [0, 0.05) is 48.6 Å². The second-order valence-corrected chi connectivity index (χ2v) is 13.7. The van der Waals surface area contributed by atoms with Crippen LogP contribution in [-0.2, 0) is 17.8 Å². The van der Waals surface area contributed by atoms with Gasteiger partial charge in [0.15, 0.2) is 5.14 Å². The predicted octanol–water partition coefficient (Wildman–Crippen LogP) is 9.56. The Morgan fingerprint density at radius 3 is 2.54 bits per heavy atom. The molecule has 4 aromatic carbocycles. The van der Waals surface area contributed by atoms with Gasteiger partial charge in [0.1, 0.15) is 18.1 Å². The zero-order chi connectivity index (χ0) is 35.8. The van der Waals surface area contributed by atoms with Crippen LogP contribution < -0.4 is 9.64 Å². The maximum Gasteiger partial charge on any atom is 0.256 e. The summed E-state index contributed by atoms with van der Waals surface area (Å²) in [6.07, 6.45) is 6.37. The van der Waals surface area contributed by atoms with Gasteiger partial charge in [-0.05, 0) is 59.9 Å². The largest absolute Gasteiger partial charge is 0.507 e. The summed E-state index contributed by atoms with van der Waals surface area (Å²) in [7, 11) is 0. The molecule has 3 heterocycles. The van der Waals surface area contributed by atoms with E-state index in [1.807, 2.05) is 92.5 Å². The third kappa shape index (κ3) is 8.15. The fourth-order valence-electron chi connectivity index (χ4n) is 6.85. The molecule has 1 radical (unpaired) electrons. The first-order valence-electron chi connectivity index (χ1n) is 17.6. The molecular formula is C40H45BClIN3O4. The number of anilines is 1. The number of amides is 2. The van der Waals surface area contributed by atoms with Crippen molar-refractivity contribution in [2.75, 3.05) is 23.9 Å². The lowest BCUT2D eigenvalue weighted by molar-refractivity contribution is -0.117. The molecule has 7 rings (SSSR count). The zero-order valence-electron chi connectivity index (χ0n) is 29.3. The average molecular weight is 805 g/mol. The predicted molar refractivity (Wildman–Crippen MR) is 216 cm³/mol. The molecule has 2 amide bonds. The quantitative estimate of drug-likeness (QED) is 0.115. The molecule has 0 spiro atoms. The van der Waals surface area contributed by atoms with Crippen LogP contribution in [0.15, 0.2) is 71.7 Å². The molecule has 1 N–H and O–H groups in total. The van der Waals surface area contributed by atoms with Crippen LogP contribution in [0.2, 0.25) is 6.32 Å². The van der Waals surface area contributed by atoms with Crippen molar-refractivity contribution in [2.24, 2.45) is 4.99 Å². The topological polar surface area (TPSA) is 82.4 Å². The molecule has 0 bridgehead atoms. The SMILES string of the molecule is CC.CC[B]I.Cc1cc2c(cc1OCc1cccc(CC(=O)N3C[C@@H](CCl)c4c3cc(O)c3ccccc43)c1)N=C[C@@H]1CCCCN1C2=O. The first-order chi connectivity index (χ1) is 24.3. The Labute approximate surface area is 315 Å². The molecule has 0 aliphatic carbocycles. The van der Waals surface area contributed by atoms with E-state index in [1.54, 1.807) is 11.0 Å². The van der Waals surface area contributed by atoms with Crippen LogP contribution in [0.25, 0.3) is 10.8 Å². The van der Waals surface area contributed by atoms with Crippen LogP contribution in [-0.4, -0.2) is 58.2 Å². The van der Waals surface area contributed by atoms with Crippen molar-refractivity contribution in [3.63, 3.8) is 0 Å². The Bertz CT molecular complexity index is 1870. The number of piperidine rings is 1. The first-order valence-corrected chi connectivity index (χ1v) is 19.3. The molecule has 0 saturated carbocycles. The fraction of sp³-hybridized carbons (Fsp3) is 0.375. The summed E-state index contributed by atoms with van der Waals surface area (Å²) >= 11 is 8.59. The number of rotatable bonds is 7. The minimum Gasteiger partial charge on any atom is -0.507 e. The van der Waals surface area contributed by atoms with Gasteiger partial charge in [-0.2, -0.15) is 22.4 Å². The number of hydrogen-bond acceptors (Lipinski definition) is 5. The van der Waals surface area contributed by atoms with Crippen LogP contribution in [0, 0.1) is 6.92 Å². The molecule has 7 nitrogen and oxygen atoms in total. The number of nitrogens with zero attached hydrogens (tertiary/aromatic N) is 3. The van der Waals surface area contributed by atoms with Crippen molar-refractivity contribution < 1.29 is 19.4 Å². The molecule has 50 heavy (non-hydrogen) atoms. The number of aromatic hydroxyl groups is 1. The molecule has 10 heteroatoms. The van der Waals surface area contributed by atoms with Gasteiger partial charge in [-0.25, -0.2) is 0 Å². The second kappa shape index (κ2) is 17.6.